The Bertz CT molecular complexity index is 360. The van der Waals surface area contributed by atoms with Crippen LogP contribution >= 0.6 is 0 Å². The lowest BCUT2D eigenvalue weighted by atomic mass is 10.2. The monoisotopic (exact) mass is 260 g/mol. The van der Waals surface area contributed by atoms with Gasteiger partial charge in [-0.25, -0.2) is 0 Å². The Kier molecular flexibility index (Phi) is 5.88. The zero-order valence-electron chi connectivity index (χ0n) is 9.73. The molecule has 0 radical (unpaired) electrons. The van der Waals surface area contributed by atoms with Crippen molar-refractivity contribution in [1.82, 2.24) is 0 Å². The maximum Gasteiger partial charge on any atom is 0.409 e. The van der Waals surface area contributed by atoms with E-state index >= 15 is 0 Å². The van der Waals surface area contributed by atoms with Crippen LogP contribution in [0.15, 0.2) is 42.5 Å². The van der Waals surface area contributed by atoms with Gasteiger partial charge in [0.2, 0.25) is 0 Å². The summed E-state index contributed by atoms with van der Waals surface area (Å²) in [6.07, 6.45) is -4.62. The molecule has 0 saturated carbocycles. The fraction of sp³-hybridized carbons (Fsp3) is 0.385. The van der Waals surface area contributed by atoms with E-state index in [1.165, 1.54) is 0 Å². The average Bonchev–Trinajstić information content (AvgIpc) is 2.33. The largest absolute Gasteiger partial charge is 0.409 e. The first-order valence-electron chi connectivity index (χ1n) is 5.53. The van der Waals surface area contributed by atoms with E-state index in [9.17, 15) is 18.3 Å². The molecule has 1 N–H and O–H groups in total. The topological polar surface area (TPSA) is 29.5 Å². The molecule has 0 heterocycles. The Labute approximate surface area is 104 Å². The van der Waals surface area contributed by atoms with E-state index in [1.807, 2.05) is 30.3 Å². The van der Waals surface area contributed by atoms with E-state index in [4.69, 9.17) is 4.74 Å². The fourth-order valence-corrected chi connectivity index (χ4v) is 1.28. The molecule has 1 aromatic carbocycles. The van der Waals surface area contributed by atoms with Crippen LogP contribution in [0, 0.1) is 0 Å². The van der Waals surface area contributed by atoms with E-state index < -0.39 is 12.3 Å². The van der Waals surface area contributed by atoms with Crippen molar-refractivity contribution >= 4 is 0 Å². The summed E-state index contributed by atoms with van der Waals surface area (Å²) in [7, 11) is 0. The van der Waals surface area contributed by atoms with Gasteiger partial charge < -0.3 is 9.84 Å². The predicted molar refractivity (Wildman–Crippen MR) is 61.9 cm³/mol. The second-order valence-electron chi connectivity index (χ2n) is 3.79. The Hall–Kier alpha value is -1.33. The van der Waals surface area contributed by atoms with Gasteiger partial charge in [0, 0.05) is 19.1 Å². The molecule has 0 amide bonds. The molecule has 0 aromatic heterocycles. The lowest BCUT2D eigenvalue weighted by molar-refractivity contribution is -0.0806. The molecule has 5 heteroatoms. The molecule has 18 heavy (non-hydrogen) atoms. The van der Waals surface area contributed by atoms with Crippen molar-refractivity contribution in [2.24, 2.45) is 0 Å². The standard InChI is InChI=1S/C13H15F3O2/c14-13(15,16)8-6-12(17)7-9-18-10-11-4-2-1-3-5-11/h1-6,8,12,17H,7,9-10H2. The molecule has 0 saturated heterocycles. The summed E-state index contributed by atoms with van der Waals surface area (Å²) in [6.45, 7) is 0.592. The summed E-state index contributed by atoms with van der Waals surface area (Å²) >= 11 is 0. The van der Waals surface area contributed by atoms with Crippen LogP contribution in [0.4, 0.5) is 13.2 Å². The lowest BCUT2D eigenvalue weighted by Gasteiger charge is -2.07. The molecule has 0 aliphatic carbocycles. The van der Waals surface area contributed by atoms with Gasteiger partial charge in [0.1, 0.15) is 0 Å². The highest BCUT2D eigenvalue weighted by Crippen LogP contribution is 2.16. The first kappa shape index (κ1) is 14.7. The first-order valence-corrected chi connectivity index (χ1v) is 5.53. The van der Waals surface area contributed by atoms with Gasteiger partial charge in [-0.3, -0.25) is 0 Å². The molecule has 1 unspecified atom stereocenters. The number of allylic oxidation sites excluding steroid dienone is 1. The zero-order valence-corrected chi connectivity index (χ0v) is 9.73. The minimum atomic E-state index is -4.38. The van der Waals surface area contributed by atoms with E-state index in [0.717, 1.165) is 11.6 Å². The molecule has 1 aromatic rings. The highest BCUT2D eigenvalue weighted by Gasteiger charge is 2.22. The second kappa shape index (κ2) is 7.18. The van der Waals surface area contributed by atoms with Crippen molar-refractivity contribution in [2.45, 2.75) is 25.3 Å². The second-order valence-corrected chi connectivity index (χ2v) is 3.79. The van der Waals surface area contributed by atoms with E-state index in [-0.39, 0.29) is 19.1 Å². The van der Waals surface area contributed by atoms with Gasteiger partial charge in [-0.15, -0.1) is 0 Å². The van der Waals surface area contributed by atoms with Crippen molar-refractivity contribution in [1.29, 1.82) is 0 Å². The highest BCUT2D eigenvalue weighted by atomic mass is 19.4. The Morgan fingerprint density at radius 1 is 1.22 bits per heavy atom. The summed E-state index contributed by atoms with van der Waals surface area (Å²) in [5.41, 5.74) is 0.984. The Morgan fingerprint density at radius 2 is 1.89 bits per heavy atom. The van der Waals surface area contributed by atoms with Crippen LogP contribution < -0.4 is 0 Å². The maximum atomic E-state index is 11.8. The van der Waals surface area contributed by atoms with E-state index in [1.54, 1.807) is 0 Å². The molecular weight excluding hydrogens is 245 g/mol. The third-order valence-electron chi connectivity index (χ3n) is 2.18. The summed E-state index contributed by atoms with van der Waals surface area (Å²) in [4.78, 5) is 0. The van der Waals surface area contributed by atoms with Gasteiger partial charge >= 0.3 is 6.18 Å². The summed E-state index contributed by atoms with van der Waals surface area (Å²) < 4.78 is 40.6. The molecule has 0 fully saturated rings. The minimum absolute atomic E-state index is 0.0366. The molecule has 0 aliphatic rings. The first-order chi connectivity index (χ1) is 8.47. The van der Waals surface area contributed by atoms with Gasteiger partial charge in [0.05, 0.1) is 12.7 Å². The minimum Gasteiger partial charge on any atom is -0.389 e. The van der Waals surface area contributed by atoms with Crippen molar-refractivity contribution in [2.75, 3.05) is 6.61 Å². The number of aliphatic hydroxyl groups is 1. The number of halogens is 3. The number of benzene rings is 1. The summed E-state index contributed by atoms with van der Waals surface area (Å²) in [5, 5.41) is 9.24. The number of ether oxygens (including phenoxy) is 1. The Morgan fingerprint density at radius 3 is 2.50 bits per heavy atom. The van der Waals surface area contributed by atoms with Gasteiger partial charge in [-0.1, -0.05) is 36.4 Å². The summed E-state index contributed by atoms with van der Waals surface area (Å²) in [5.74, 6) is 0. The zero-order chi connectivity index (χ0) is 13.4. The van der Waals surface area contributed by atoms with Crippen LogP contribution in [0.5, 0.6) is 0 Å². The van der Waals surface area contributed by atoms with Crippen LogP contribution in [-0.2, 0) is 11.3 Å². The fourth-order valence-electron chi connectivity index (χ4n) is 1.28. The van der Waals surface area contributed by atoms with Crippen LogP contribution in [-0.4, -0.2) is 24.0 Å². The Balaban J connectivity index is 2.16. The molecule has 1 rings (SSSR count). The van der Waals surface area contributed by atoms with Crippen LogP contribution in [0.2, 0.25) is 0 Å². The molecule has 2 nitrogen and oxygen atoms in total. The SMILES string of the molecule is OC(C=CC(F)(F)F)CCOCc1ccccc1. The number of aliphatic hydroxyl groups excluding tert-OH is 1. The third-order valence-corrected chi connectivity index (χ3v) is 2.18. The molecule has 0 aliphatic heterocycles. The molecule has 0 spiro atoms. The third kappa shape index (κ3) is 7.09. The number of alkyl halides is 3. The average molecular weight is 260 g/mol. The highest BCUT2D eigenvalue weighted by molar-refractivity contribution is 5.13. The van der Waals surface area contributed by atoms with E-state index in [0.29, 0.717) is 6.61 Å². The van der Waals surface area contributed by atoms with Gasteiger partial charge in [0.15, 0.2) is 0 Å². The predicted octanol–water partition coefficient (Wildman–Crippen LogP) is 3.07. The lowest BCUT2D eigenvalue weighted by Crippen LogP contribution is -2.10. The van der Waals surface area contributed by atoms with Gasteiger partial charge in [0.25, 0.3) is 0 Å². The van der Waals surface area contributed by atoms with Gasteiger partial charge in [-0.05, 0) is 5.56 Å². The van der Waals surface area contributed by atoms with Crippen molar-refractivity contribution in [3.05, 3.63) is 48.0 Å². The van der Waals surface area contributed by atoms with Crippen LogP contribution in [0.1, 0.15) is 12.0 Å². The quantitative estimate of drug-likeness (QED) is 0.629. The normalized spacial score (nSPS) is 14.0. The molecular formula is C13H15F3O2. The maximum absolute atomic E-state index is 11.8. The molecule has 1 atom stereocenters. The van der Waals surface area contributed by atoms with Gasteiger partial charge in [-0.2, -0.15) is 13.2 Å². The number of hydrogen-bond donors (Lipinski definition) is 1. The smallest absolute Gasteiger partial charge is 0.389 e. The van der Waals surface area contributed by atoms with Crippen molar-refractivity contribution in [3.8, 4) is 0 Å². The summed E-state index contributed by atoms with van der Waals surface area (Å²) in [6, 6.07) is 9.41. The number of hydrogen-bond acceptors (Lipinski definition) is 2. The molecule has 0 bridgehead atoms. The van der Waals surface area contributed by atoms with Crippen molar-refractivity contribution in [3.63, 3.8) is 0 Å². The van der Waals surface area contributed by atoms with Crippen LogP contribution in [0.25, 0.3) is 0 Å². The van der Waals surface area contributed by atoms with E-state index in [2.05, 4.69) is 0 Å². The molecule has 100 valence electrons. The van der Waals surface area contributed by atoms with Crippen LogP contribution in [0.3, 0.4) is 0 Å². The van der Waals surface area contributed by atoms with Crippen molar-refractivity contribution < 1.29 is 23.0 Å². The number of rotatable bonds is 6.